The van der Waals surface area contributed by atoms with Crippen LogP contribution in [0, 0.1) is 6.92 Å². The van der Waals surface area contributed by atoms with Gasteiger partial charge in [-0.05, 0) is 53.6 Å². The van der Waals surface area contributed by atoms with Crippen LogP contribution in [-0.2, 0) is 19.5 Å². The number of carbonyl (C=O) groups is 3. The van der Waals surface area contributed by atoms with Crippen LogP contribution in [0.15, 0.2) is 58.4 Å². The molecule has 0 fully saturated rings. The molecule has 0 radical (unpaired) electrons. The molecule has 2 heterocycles. The SMILES string of the molecule is Cc1c(C(=O)O)ccc2c1CC[C@@H]2NC(=O)c1cc(C(=O)NCc2cccc(CNc3c(N)c(=O)c3=O)c2)nc2ncnn12. The molecule has 6 N–H and O–H groups in total. The van der Waals surface area contributed by atoms with E-state index in [1.165, 1.54) is 16.9 Å². The molecule has 14 heteroatoms. The molecule has 0 unspecified atom stereocenters. The predicted molar refractivity (Wildman–Crippen MR) is 158 cm³/mol. The molecule has 3 aromatic carbocycles. The van der Waals surface area contributed by atoms with Crippen molar-refractivity contribution in [2.75, 3.05) is 11.1 Å². The van der Waals surface area contributed by atoms with Crippen molar-refractivity contribution in [1.29, 1.82) is 0 Å². The Kier molecular flexibility index (Phi) is 7.09. The van der Waals surface area contributed by atoms with E-state index in [9.17, 15) is 29.1 Å². The molecule has 5 aromatic rings. The van der Waals surface area contributed by atoms with Crippen molar-refractivity contribution < 1.29 is 19.5 Å². The van der Waals surface area contributed by atoms with Gasteiger partial charge in [0.05, 0.1) is 11.6 Å². The largest absolute Gasteiger partial charge is 0.478 e. The van der Waals surface area contributed by atoms with Gasteiger partial charge < -0.3 is 26.8 Å². The maximum Gasteiger partial charge on any atom is 0.335 e. The van der Waals surface area contributed by atoms with Gasteiger partial charge in [0.25, 0.3) is 28.4 Å². The van der Waals surface area contributed by atoms with E-state index in [-0.39, 0.29) is 53.2 Å². The van der Waals surface area contributed by atoms with Crippen molar-refractivity contribution in [3.63, 3.8) is 0 Å². The second-order valence-electron chi connectivity index (χ2n) is 10.5. The number of nitrogens with two attached hydrogens (primary N) is 1. The predicted octanol–water partition coefficient (Wildman–Crippen LogP) is 1.27. The minimum absolute atomic E-state index is 0.0298. The highest BCUT2D eigenvalue weighted by molar-refractivity contribution is 5.98. The molecule has 1 atom stereocenters. The van der Waals surface area contributed by atoms with Gasteiger partial charge in [0.2, 0.25) is 0 Å². The highest BCUT2D eigenvalue weighted by Gasteiger charge is 2.29. The summed E-state index contributed by atoms with van der Waals surface area (Å²) in [6, 6.07) is 11.5. The fourth-order valence-electron chi connectivity index (χ4n) is 5.48. The Morgan fingerprint density at radius 1 is 1.05 bits per heavy atom. The summed E-state index contributed by atoms with van der Waals surface area (Å²) in [6.07, 6.45) is 2.45. The van der Waals surface area contributed by atoms with Crippen LogP contribution in [0.4, 0.5) is 11.4 Å². The second-order valence-corrected chi connectivity index (χ2v) is 10.5. The lowest BCUT2D eigenvalue weighted by Crippen LogP contribution is -2.36. The molecular formula is C30H26N8O6. The Hall–Kier alpha value is -5.92. The minimum atomic E-state index is -0.998. The van der Waals surface area contributed by atoms with E-state index in [0.29, 0.717) is 18.4 Å². The van der Waals surface area contributed by atoms with E-state index in [1.807, 2.05) is 18.2 Å². The van der Waals surface area contributed by atoms with Gasteiger partial charge in [-0.15, -0.1) is 0 Å². The number of carboxylic acid groups (broad SMARTS) is 1. The lowest BCUT2D eigenvalue weighted by molar-refractivity contribution is 0.0695. The summed E-state index contributed by atoms with van der Waals surface area (Å²) < 4.78 is 1.25. The summed E-state index contributed by atoms with van der Waals surface area (Å²) in [5, 5.41) is 22.2. The molecule has 44 heavy (non-hydrogen) atoms. The number of anilines is 2. The summed E-state index contributed by atoms with van der Waals surface area (Å²) >= 11 is 0. The quantitative estimate of drug-likeness (QED) is 0.153. The molecule has 0 bridgehead atoms. The van der Waals surface area contributed by atoms with Crippen molar-refractivity contribution in [3.8, 4) is 0 Å². The first-order chi connectivity index (χ1) is 21.1. The Morgan fingerprint density at radius 2 is 1.82 bits per heavy atom. The average Bonchev–Trinajstić information content (AvgIpc) is 3.67. The molecular weight excluding hydrogens is 568 g/mol. The monoisotopic (exact) mass is 594 g/mol. The maximum atomic E-state index is 13.5. The Balaban J connectivity index is 1.15. The van der Waals surface area contributed by atoms with Gasteiger partial charge in [0.1, 0.15) is 29.1 Å². The number of nitrogens with zero attached hydrogens (tertiary/aromatic N) is 4. The van der Waals surface area contributed by atoms with E-state index in [4.69, 9.17) is 5.73 Å². The Bertz CT molecular complexity index is 2060. The van der Waals surface area contributed by atoms with Gasteiger partial charge in [-0.3, -0.25) is 19.2 Å². The molecule has 6 rings (SSSR count). The highest BCUT2D eigenvalue weighted by atomic mass is 16.4. The third-order valence-corrected chi connectivity index (χ3v) is 7.81. The normalized spacial score (nSPS) is 14.0. The first-order valence-corrected chi connectivity index (χ1v) is 13.7. The van der Waals surface area contributed by atoms with Crippen molar-refractivity contribution in [3.05, 3.63) is 114 Å². The molecule has 0 saturated carbocycles. The van der Waals surface area contributed by atoms with Crippen molar-refractivity contribution in [2.24, 2.45) is 0 Å². The number of fused-ring (bicyclic) bond motifs is 2. The van der Waals surface area contributed by atoms with Crippen LogP contribution in [-0.4, -0.2) is 42.5 Å². The fraction of sp³-hybridized carbons (Fsp3) is 0.200. The molecule has 0 saturated heterocycles. The van der Waals surface area contributed by atoms with Gasteiger partial charge in [-0.2, -0.15) is 14.6 Å². The molecule has 1 aliphatic carbocycles. The van der Waals surface area contributed by atoms with Crippen molar-refractivity contribution >= 4 is 34.9 Å². The highest BCUT2D eigenvalue weighted by Crippen LogP contribution is 2.35. The van der Waals surface area contributed by atoms with Crippen LogP contribution < -0.4 is 32.5 Å². The first kappa shape index (κ1) is 28.2. The zero-order chi connectivity index (χ0) is 31.1. The molecule has 222 valence electrons. The molecule has 0 aliphatic heterocycles. The molecule has 0 spiro atoms. The lowest BCUT2D eigenvalue weighted by atomic mass is 9.98. The molecule has 1 aliphatic rings. The summed E-state index contributed by atoms with van der Waals surface area (Å²) in [5.41, 5.74) is 8.52. The van der Waals surface area contributed by atoms with E-state index < -0.39 is 28.6 Å². The summed E-state index contributed by atoms with van der Waals surface area (Å²) in [6.45, 7) is 2.17. The summed E-state index contributed by atoms with van der Waals surface area (Å²) in [4.78, 5) is 69.4. The van der Waals surface area contributed by atoms with Gasteiger partial charge in [0, 0.05) is 19.2 Å². The van der Waals surface area contributed by atoms with Gasteiger partial charge in [-0.25, -0.2) is 9.78 Å². The van der Waals surface area contributed by atoms with Crippen molar-refractivity contribution in [1.82, 2.24) is 30.2 Å². The molecule has 14 nitrogen and oxygen atoms in total. The smallest absolute Gasteiger partial charge is 0.335 e. The number of nitrogens with one attached hydrogen (secondary N) is 3. The standard InChI is InChI=1S/C30H26N8O6/c1-14-17-7-8-20(19(17)6-5-18(14)29(43)44)36-28(42)22-10-21(37-30-34-13-35-38(22)30)27(41)33-12-16-4-2-3-15(9-16)11-32-24-23(31)25(39)26(24)40/h2-6,9-10,13,20,32H,7-8,11-12,31H2,1H3,(H,33,41)(H,36,42)(H,43,44)/t20-/m0/s1. The van der Waals surface area contributed by atoms with E-state index >= 15 is 0 Å². The number of aromatic nitrogens is 4. The number of aromatic carboxylic acids is 1. The van der Waals surface area contributed by atoms with E-state index in [1.54, 1.807) is 25.1 Å². The maximum absolute atomic E-state index is 13.5. The molecule has 2 aromatic heterocycles. The zero-order valence-electron chi connectivity index (χ0n) is 23.4. The van der Waals surface area contributed by atoms with Crippen LogP contribution in [0.1, 0.15) is 71.6 Å². The summed E-state index contributed by atoms with van der Waals surface area (Å²) in [5.74, 6) is -1.95. The van der Waals surface area contributed by atoms with Crippen LogP contribution in [0.5, 0.6) is 0 Å². The Labute approximate surface area is 248 Å². The zero-order valence-corrected chi connectivity index (χ0v) is 23.4. The van der Waals surface area contributed by atoms with Crippen LogP contribution >= 0.6 is 0 Å². The minimum Gasteiger partial charge on any atom is -0.478 e. The van der Waals surface area contributed by atoms with Crippen molar-refractivity contribution in [2.45, 2.75) is 38.9 Å². The van der Waals surface area contributed by atoms with Crippen LogP contribution in [0.3, 0.4) is 0 Å². The third kappa shape index (κ3) is 5.02. The van der Waals surface area contributed by atoms with Gasteiger partial charge in [0.15, 0.2) is 0 Å². The summed E-state index contributed by atoms with van der Waals surface area (Å²) in [7, 11) is 0. The number of benzene rings is 2. The fourth-order valence-corrected chi connectivity index (χ4v) is 5.48. The second kappa shape index (κ2) is 11.1. The Morgan fingerprint density at radius 3 is 2.57 bits per heavy atom. The number of nitrogen functional groups attached to an aromatic ring is 1. The van der Waals surface area contributed by atoms with E-state index in [0.717, 1.165) is 22.3 Å². The van der Waals surface area contributed by atoms with Crippen LogP contribution in [0.2, 0.25) is 0 Å². The third-order valence-electron chi connectivity index (χ3n) is 7.81. The van der Waals surface area contributed by atoms with E-state index in [2.05, 4.69) is 31.0 Å². The number of carboxylic acids is 1. The number of hydrogen-bond acceptors (Lipinski definition) is 10. The number of hydrogen-bond donors (Lipinski definition) is 5. The number of amides is 2. The lowest BCUT2D eigenvalue weighted by Gasteiger charge is -2.16. The van der Waals surface area contributed by atoms with Gasteiger partial charge in [-0.1, -0.05) is 30.3 Å². The van der Waals surface area contributed by atoms with Gasteiger partial charge >= 0.3 is 5.97 Å². The number of carbonyl (C=O) groups excluding carboxylic acids is 2. The van der Waals surface area contributed by atoms with Crippen LogP contribution in [0.25, 0.3) is 5.78 Å². The number of rotatable bonds is 9. The average molecular weight is 595 g/mol. The topological polar surface area (TPSA) is 211 Å². The molecule has 2 amide bonds. The first-order valence-electron chi connectivity index (χ1n) is 13.7.